The quantitative estimate of drug-likeness (QED) is 0.238. The lowest BCUT2D eigenvalue weighted by Gasteiger charge is -2.22. The van der Waals surface area contributed by atoms with Crippen LogP contribution in [-0.4, -0.2) is 57.4 Å². The molecule has 25 heavy (non-hydrogen) atoms. The van der Waals surface area contributed by atoms with Gasteiger partial charge in [-0.05, 0) is 37.8 Å². The van der Waals surface area contributed by atoms with E-state index in [0.717, 1.165) is 56.9 Å². The molecule has 1 aromatic rings. The molecule has 1 aliphatic rings. The highest BCUT2D eigenvalue weighted by atomic mass is 127. The van der Waals surface area contributed by atoms with Gasteiger partial charge in [-0.15, -0.1) is 24.0 Å². The molecule has 0 amide bonds. The lowest BCUT2D eigenvalue weighted by Crippen LogP contribution is -2.40. The molecule has 6 heteroatoms. The van der Waals surface area contributed by atoms with Crippen LogP contribution in [0.15, 0.2) is 35.3 Å². The molecule has 1 N–H and O–H groups in total. The molecule has 0 aromatic heterocycles. The van der Waals surface area contributed by atoms with Gasteiger partial charge >= 0.3 is 0 Å². The summed E-state index contributed by atoms with van der Waals surface area (Å²) < 4.78 is 11.4. The smallest absolute Gasteiger partial charge is 0.193 e. The average molecular weight is 461 g/mol. The third-order valence-corrected chi connectivity index (χ3v) is 3.89. The molecule has 1 saturated carbocycles. The van der Waals surface area contributed by atoms with Crippen LogP contribution in [0.2, 0.25) is 0 Å². The van der Waals surface area contributed by atoms with Crippen LogP contribution < -0.4 is 10.1 Å². The van der Waals surface area contributed by atoms with Crippen molar-refractivity contribution >= 4 is 29.9 Å². The van der Waals surface area contributed by atoms with Gasteiger partial charge in [0, 0.05) is 39.7 Å². The van der Waals surface area contributed by atoms with E-state index < -0.39 is 0 Å². The Morgan fingerprint density at radius 2 is 2.00 bits per heavy atom. The summed E-state index contributed by atoms with van der Waals surface area (Å²) in [4.78, 5) is 6.80. The topological polar surface area (TPSA) is 46.1 Å². The van der Waals surface area contributed by atoms with Crippen LogP contribution in [0.4, 0.5) is 0 Å². The Balaban J connectivity index is 0.00000312. The van der Waals surface area contributed by atoms with Crippen LogP contribution in [0, 0.1) is 5.92 Å². The summed E-state index contributed by atoms with van der Waals surface area (Å²) in [7, 11) is 2.06. The largest absolute Gasteiger partial charge is 0.494 e. The molecular weight excluding hydrogens is 429 g/mol. The monoisotopic (exact) mass is 461 g/mol. The molecule has 0 aliphatic heterocycles. The van der Waals surface area contributed by atoms with E-state index in [2.05, 4.69) is 29.2 Å². The molecule has 0 unspecified atom stereocenters. The van der Waals surface area contributed by atoms with Crippen LogP contribution in [-0.2, 0) is 4.74 Å². The molecule has 1 aliphatic carbocycles. The van der Waals surface area contributed by atoms with Gasteiger partial charge in [0.05, 0.1) is 13.2 Å². The number of hydrogen-bond donors (Lipinski definition) is 1. The summed E-state index contributed by atoms with van der Waals surface area (Å²) in [6.45, 7) is 6.92. The number of nitrogens with zero attached hydrogens (tertiary/aromatic N) is 2. The van der Waals surface area contributed by atoms with Crippen molar-refractivity contribution in [3.05, 3.63) is 30.3 Å². The van der Waals surface area contributed by atoms with Crippen molar-refractivity contribution in [3.8, 4) is 5.75 Å². The maximum Gasteiger partial charge on any atom is 0.193 e. The standard InChI is InChI=1S/C19H31N3O2.HI/c1-3-20-19(22(2)13-15-23-16-17-10-11-17)21-12-7-14-24-18-8-5-4-6-9-18;/h4-6,8-9,17H,3,7,10-16H2,1-2H3,(H,20,21);1H. The van der Waals surface area contributed by atoms with Gasteiger partial charge in [-0.1, -0.05) is 18.2 Å². The van der Waals surface area contributed by atoms with Crippen molar-refractivity contribution in [2.75, 3.05) is 46.5 Å². The number of guanidine groups is 1. The van der Waals surface area contributed by atoms with Crippen LogP contribution in [0.1, 0.15) is 26.2 Å². The molecular formula is C19H32IN3O2. The zero-order chi connectivity index (χ0) is 17.0. The van der Waals surface area contributed by atoms with Gasteiger partial charge < -0.3 is 19.7 Å². The van der Waals surface area contributed by atoms with Crippen LogP contribution in [0.3, 0.4) is 0 Å². The molecule has 0 saturated heterocycles. The van der Waals surface area contributed by atoms with E-state index in [1.807, 2.05) is 30.3 Å². The van der Waals surface area contributed by atoms with Gasteiger partial charge in [-0.2, -0.15) is 0 Å². The number of rotatable bonds is 11. The fourth-order valence-corrected chi connectivity index (χ4v) is 2.27. The number of para-hydroxylation sites is 1. The van der Waals surface area contributed by atoms with Crippen molar-refractivity contribution in [2.45, 2.75) is 26.2 Å². The number of likely N-dealkylation sites (N-methyl/N-ethyl adjacent to an activating group) is 1. The van der Waals surface area contributed by atoms with Gasteiger partial charge in [-0.25, -0.2) is 0 Å². The van der Waals surface area contributed by atoms with E-state index >= 15 is 0 Å². The van der Waals surface area contributed by atoms with Gasteiger partial charge in [0.2, 0.25) is 0 Å². The molecule has 0 heterocycles. The van der Waals surface area contributed by atoms with Crippen LogP contribution in [0.5, 0.6) is 5.75 Å². The molecule has 0 atom stereocenters. The third-order valence-electron chi connectivity index (χ3n) is 3.89. The first-order chi connectivity index (χ1) is 11.8. The number of aliphatic imine (C=N–C) groups is 1. The van der Waals surface area contributed by atoms with Crippen LogP contribution in [0.25, 0.3) is 0 Å². The van der Waals surface area contributed by atoms with E-state index in [4.69, 9.17) is 9.47 Å². The minimum atomic E-state index is 0. The van der Waals surface area contributed by atoms with E-state index in [1.165, 1.54) is 12.8 Å². The second-order valence-corrected chi connectivity index (χ2v) is 6.19. The Morgan fingerprint density at radius 1 is 1.24 bits per heavy atom. The number of benzene rings is 1. The highest BCUT2D eigenvalue weighted by Gasteiger charge is 2.21. The second-order valence-electron chi connectivity index (χ2n) is 6.19. The van der Waals surface area contributed by atoms with Gasteiger partial charge in [0.15, 0.2) is 5.96 Å². The summed E-state index contributed by atoms with van der Waals surface area (Å²) in [5.74, 6) is 2.67. The summed E-state index contributed by atoms with van der Waals surface area (Å²) in [5.41, 5.74) is 0. The average Bonchev–Trinajstić information content (AvgIpc) is 3.42. The minimum Gasteiger partial charge on any atom is -0.494 e. The third kappa shape index (κ3) is 9.89. The number of ether oxygens (including phenoxy) is 2. The summed E-state index contributed by atoms with van der Waals surface area (Å²) in [6.07, 6.45) is 3.58. The molecule has 142 valence electrons. The first kappa shape index (κ1) is 22.0. The van der Waals surface area contributed by atoms with E-state index in [-0.39, 0.29) is 24.0 Å². The van der Waals surface area contributed by atoms with E-state index in [0.29, 0.717) is 6.61 Å². The maximum atomic E-state index is 5.70. The highest BCUT2D eigenvalue weighted by molar-refractivity contribution is 14.0. The fourth-order valence-electron chi connectivity index (χ4n) is 2.27. The molecule has 0 radical (unpaired) electrons. The second kappa shape index (κ2) is 13.2. The zero-order valence-electron chi connectivity index (χ0n) is 15.4. The Hall–Kier alpha value is -1.02. The normalized spacial score (nSPS) is 13.9. The van der Waals surface area contributed by atoms with Gasteiger partial charge in [0.1, 0.15) is 5.75 Å². The van der Waals surface area contributed by atoms with Gasteiger partial charge in [-0.3, -0.25) is 4.99 Å². The fraction of sp³-hybridized carbons (Fsp3) is 0.632. The maximum absolute atomic E-state index is 5.70. The molecule has 5 nitrogen and oxygen atoms in total. The van der Waals surface area contributed by atoms with Crippen molar-refractivity contribution in [1.82, 2.24) is 10.2 Å². The molecule has 1 fully saturated rings. The van der Waals surface area contributed by atoms with Crippen molar-refractivity contribution < 1.29 is 9.47 Å². The van der Waals surface area contributed by atoms with E-state index in [9.17, 15) is 0 Å². The lowest BCUT2D eigenvalue weighted by atomic mass is 10.3. The summed E-state index contributed by atoms with van der Waals surface area (Å²) in [5, 5.41) is 3.33. The Labute approximate surface area is 169 Å². The molecule has 1 aromatic carbocycles. The number of nitrogens with one attached hydrogen (secondary N) is 1. The lowest BCUT2D eigenvalue weighted by molar-refractivity contribution is 0.115. The van der Waals surface area contributed by atoms with Crippen molar-refractivity contribution in [3.63, 3.8) is 0 Å². The Kier molecular flexibility index (Phi) is 11.6. The van der Waals surface area contributed by atoms with Crippen molar-refractivity contribution in [1.29, 1.82) is 0 Å². The first-order valence-corrected chi connectivity index (χ1v) is 9.04. The molecule has 0 spiro atoms. The number of halogens is 1. The van der Waals surface area contributed by atoms with Gasteiger partial charge in [0.25, 0.3) is 0 Å². The summed E-state index contributed by atoms with van der Waals surface area (Å²) in [6, 6.07) is 9.91. The SMILES string of the molecule is CCNC(=NCCCOc1ccccc1)N(C)CCOCC1CC1.I. The number of hydrogen-bond acceptors (Lipinski definition) is 3. The first-order valence-electron chi connectivity index (χ1n) is 9.04. The minimum absolute atomic E-state index is 0. The highest BCUT2D eigenvalue weighted by Crippen LogP contribution is 2.28. The molecule has 0 bridgehead atoms. The van der Waals surface area contributed by atoms with E-state index in [1.54, 1.807) is 0 Å². The Morgan fingerprint density at radius 3 is 2.68 bits per heavy atom. The predicted molar refractivity (Wildman–Crippen MR) is 114 cm³/mol. The Bertz CT molecular complexity index is 481. The predicted octanol–water partition coefficient (Wildman–Crippen LogP) is 3.40. The summed E-state index contributed by atoms with van der Waals surface area (Å²) >= 11 is 0. The van der Waals surface area contributed by atoms with Crippen molar-refractivity contribution in [2.24, 2.45) is 10.9 Å². The zero-order valence-corrected chi connectivity index (χ0v) is 17.8. The molecule has 2 rings (SSSR count). The van der Waals surface area contributed by atoms with Crippen LogP contribution >= 0.6 is 24.0 Å².